The van der Waals surface area contributed by atoms with Gasteiger partial charge < -0.3 is 0 Å². The summed E-state index contributed by atoms with van der Waals surface area (Å²) in [5.74, 6) is 0.452. The van der Waals surface area contributed by atoms with Gasteiger partial charge in [0.15, 0.2) is 0 Å². The Labute approximate surface area is 137 Å². The smallest absolute Gasteiger partial charge is 0.123 e. The van der Waals surface area contributed by atoms with Gasteiger partial charge in [-0.15, -0.1) is 22.9 Å². The maximum atomic E-state index is 5.89. The molecule has 2 aromatic heterocycles. The van der Waals surface area contributed by atoms with E-state index in [1.165, 1.54) is 11.1 Å². The number of nitrogens with zero attached hydrogens (tertiary/aromatic N) is 3. The second-order valence-electron chi connectivity index (χ2n) is 4.78. The van der Waals surface area contributed by atoms with Gasteiger partial charge in [-0.25, -0.2) is 4.98 Å². The van der Waals surface area contributed by atoms with Crippen molar-refractivity contribution in [1.29, 1.82) is 0 Å². The van der Waals surface area contributed by atoms with Crippen LogP contribution < -0.4 is 0 Å². The molecule has 0 aliphatic heterocycles. The van der Waals surface area contributed by atoms with E-state index in [-0.39, 0.29) is 0 Å². The van der Waals surface area contributed by atoms with Gasteiger partial charge in [0.05, 0.1) is 29.3 Å². The predicted octanol–water partition coefficient (Wildman–Crippen LogP) is 4.76. The topological polar surface area (TPSA) is 30.7 Å². The molecule has 0 atom stereocenters. The van der Waals surface area contributed by atoms with Crippen molar-refractivity contribution in [3.63, 3.8) is 0 Å². The number of rotatable bonds is 4. The fraction of sp³-hybridized carbons (Fsp3) is 0.200. The van der Waals surface area contributed by atoms with Crippen molar-refractivity contribution in [2.24, 2.45) is 0 Å². The van der Waals surface area contributed by atoms with Gasteiger partial charge in [-0.2, -0.15) is 5.10 Å². The summed E-state index contributed by atoms with van der Waals surface area (Å²) in [5, 5.41) is 7.86. The minimum Gasteiger partial charge on any atom is -0.267 e. The molecule has 2 heterocycles. The molecule has 6 heteroatoms. The zero-order chi connectivity index (χ0) is 14.8. The fourth-order valence-electron chi connectivity index (χ4n) is 2.11. The summed E-state index contributed by atoms with van der Waals surface area (Å²) >= 11 is 13.3. The Kier molecular flexibility index (Phi) is 4.29. The molecule has 0 amide bonds. The number of hydrogen-bond donors (Lipinski definition) is 0. The molecule has 0 saturated heterocycles. The molecule has 0 N–H and O–H groups in total. The van der Waals surface area contributed by atoms with E-state index in [0.29, 0.717) is 17.4 Å². The molecular weight excluding hydrogens is 325 g/mol. The van der Waals surface area contributed by atoms with Gasteiger partial charge in [0.1, 0.15) is 5.01 Å². The lowest BCUT2D eigenvalue weighted by molar-refractivity contribution is 0.684. The molecule has 3 rings (SSSR count). The van der Waals surface area contributed by atoms with Gasteiger partial charge in [0.25, 0.3) is 0 Å². The van der Waals surface area contributed by atoms with Crippen molar-refractivity contribution in [1.82, 2.24) is 14.8 Å². The van der Waals surface area contributed by atoms with E-state index in [1.54, 1.807) is 17.5 Å². The average molecular weight is 338 g/mol. The SMILES string of the molecule is Cc1cc(-c2nc(CCl)cs2)ccc1Cn1cc(Cl)cn1. The lowest BCUT2D eigenvalue weighted by Gasteiger charge is -2.07. The molecule has 108 valence electrons. The lowest BCUT2D eigenvalue weighted by atomic mass is 10.1. The van der Waals surface area contributed by atoms with Gasteiger partial charge in [-0.3, -0.25) is 4.68 Å². The molecule has 0 aliphatic rings. The Hall–Kier alpha value is -1.36. The van der Waals surface area contributed by atoms with Crippen LogP contribution in [0.3, 0.4) is 0 Å². The first-order chi connectivity index (χ1) is 10.2. The Morgan fingerprint density at radius 2 is 2.19 bits per heavy atom. The van der Waals surface area contributed by atoms with Gasteiger partial charge in [-0.1, -0.05) is 23.7 Å². The average Bonchev–Trinajstić information content (AvgIpc) is 3.10. The monoisotopic (exact) mass is 337 g/mol. The van der Waals surface area contributed by atoms with Gasteiger partial charge in [-0.05, 0) is 24.1 Å². The van der Waals surface area contributed by atoms with Gasteiger partial charge >= 0.3 is 0 Å². The van der Waals surface area contributed by atoms with Crippen LogP contribution in [0.25, 0.3) is 10.6 Å². The summed E-state index contributed by atoms with van der Waals surface area (Å²) in [6.45, 7) is 2.81. The first-order valence-corrected chi connectivity index (χ1v) is 8.23. The molecule has 0 aliphatic carbocycles. The highest BCUT2D eigenvalue weighted by Crippen LogP contribution is 2.26. The van der Waals surface area contributed by atoms with Crippen LogP contribution in [-0.4, -0.2) is 14.8 Å². The summed E-state index contributed by atoms with van der Waals surface area (Å²) in [6, 6.07) is 6.35. The molecule has 3 aromatic rings. The quantitative estimate of drug-likeness (QED) is 0.643. The third kappa shape index (κ3) is 3.28. The molecule has 1 aromatic carbocycles. The van der Waals surface area contributed by atoms with Crippen molar-refractivity contribution < 1.29 is 0 Å². The number of alkyl halides is 1. The van der Waals surface area contributed by atoms with Crippen molar-refractivity contribution in [2.45, 2.75) is 19.3 Å². The van der Waals surface area contributed by atoms with Crippen molar-refractivity contribution in [2.75, 3.05) is 0 Å². The summed E-state index contributed by atoms with van der Waals surface area (Å²) < 4.78 is 1.83. The molecule has 0 bridgehead atoms. The first-order valence-electron chi connectivity index (χ1n) is 6.44. The maximum Gasteiger partial charge on any atom is 0.123 e. The number of aryl methyl sites for hydroxylation is 1. The molecule has 0 spiro atoms. The Balaban J connectivity index is 1.85. The summed E-state index contributed by atoms with van der Waals surface area (Å²) in [4.78, 5) is 4.51. The molecule has 0 saturated carbocycles. The van der Waals surface area contributed by atoms with E-state index < -0.39 is 0 Å². The second kappa shape index (κ2) is 6.18. The summed E-state index contributed by atoms with van der Waals surface area (Å²) in [6.07, 6.45) is 3.47. The van der Waals surface area contributed by atoms with Crippen LogP contribution in [-0.2, 0) is 12.4 Å². The number of hydrogen-bond acceptors (Lipinski definition) is 3. The Morgan fingerprint density at radius 3 is 2.81 bits per heavy atom. The van der Waals surface area contributed by atoms with Crippen LogP contribution in [0.2, 0.25) is 5.02 Å². The van der Waals surface area contributed by atoms with Crippen LogP contribution in [0.4, 0.5) is 0 Å². The minimum absolute atomic E-state index is 0.452. The van der Waals surface area contributed by atoms with E-state index in [0.717, 1.165) is 16.3 Å². The minimum atomic E-state index is 0.452. The van der Waals surface area contributed by atoms with Crippen LogP contribution in [0.5, 0.6) is 0 Å². The Morgan fingerprint density at radius 1 is 1.33 bits per heavy atom. The van der Waals surface area contributed by atoms with Crippen LogP contribution in [0.15, 0.2) is 36.0 Å². The maximum absolute atomic E-state index is 5.89. The second-order valence-corrected chi connectivity index (χ2v) is 6.34. The molecular formula is C15H13Cl2N3S. The molecule has 0 radical (unpaired) electrons. The predicted molar refractivity (Wildman–Crippen MR) is 88.2 cm³/mol. The zero-order valence-corrected chi connectivity index (χ0v) is 13.7. The van der Waals surface area contributed by atoms with Crippen LogP contribution in [0, 0.1) is 6.92 Å². The number of aromatic nitrogens is 3. The zero-order valence-electron chi connectivity index (χ0n) is 11.4. The Bertz CT molecular complexity index is 764. The largest absolute Gasteiger partial charge is 0.267 e. The normalized spacial score (nSPS) is 11.0. The van der Waals surface area contributed by atoms with Crippen molar-refractivity contribution >= 4 is 34.5 Å². The van der Waals surface area contributed by atoms with E-state index in [1.807, 2.05) is 16.3 Å². The van der Waals surface area contributed by atoms with E-state index in [4.69, 9.17) is 23.2 Å². The van der Waals surface area contributed by atoms with E-state index in [9.17, 15) is 0 Å². The molecule has 0 fully saturated rings. The standard InChI is InChI=1S/C15H13Cl2N3S/c1-10-4-11(15-19-14(5-16)9-21-15)2-3-12(10)7-20-8-13(17)6-18-20/h2-4,6,8-9H,5,7H2,1H3. The third-order valence-corrected chi connectivity index (χ3v) is 4.62. The van der Waals surface area contributed by atoms with E-state index >= 15 is 0 Å². The summed E-state index contributed by atoms with van der Waals surface area (Å²) in [7, 11) is 0. The molecule has 21 heavy (non-hydrogen) atoms. The highest BCUT2D eigenvalue weighted by atomic mass is 35.5. The summed E-state index contributed by atoms with van der Waals surface area (Å²) in [5.41, 5.74) is 4.47. The molecule has 0 unspecified atom stereocenters. The fourth-order valence-corrected chi connectivity index (χ4v) is 3.31. The van der Waals surface area contributed by atoms with Crippen molar-refractivity contribution in [3.8, 4) is 10.6 Å². The highest BCUT2D eigenvalue weighted by Gasteiger charge is 2.07. The van der Waals surface area contributed by atoms with Crippen LogP contribution >= 0.6 is 34.5 Å². The van der Waals surface area contributed by atoms with E-state index in [2.05, 4.69) is 35.2 Å². The van der Waals surface area contributed by atoms with Crippen LogP contribution in [0.1, 0.15) is 16.8 Å². The number of thiazole rings is 1. The third-order valence-electron chi connectivity index (χ3n) is 3.21. The number of halogens is 2. The van der Waals surface area contributed by atoms with Crippen molar-refractivity contribution in [3.05, 3.63) is 57.8 Å². The van der Waals surface area contributed by atoms with Gasteiger partial charge in [0, 0.05) is 17.1 Å². The number of benzene rings is 1. The van der Waals surface area contributed by atoms with Gasteiger partial charge in [0.2, 0.25) is 0 Å². The first kappa shape index (κ1) is 14.6. The lowest BCUT2D eigenvalue weighted by Crippen LogP contribution is -2.01. The molecule has 3 nitrogen and oxygen atoms in total. The highest BCUT2D eigenvalue weighted by molar-refractivity contribution is 7.13.